The smallest absolute Gasteiger partial charge is 0.139 e. The first-order valence-corrected chi connectivity index (χ1v) is 8.37. The lowest BCUT2D eigenvalue weighted by Gasteiger charge is -2.19. The van der Waals surface area contributed by atoms with E-state index in [-0.39, 0.29) is 24.1 Å². The SMILES string of the molecule is BC1OC(CCP(=C)(C)C)C(O)C1C. The first kappa shape index (κ1) is 12.4. The van der Waals surface area contributed by atoms with Crippen molar-refractivity contribution in [2.45, 2.75) is 31.6 Å². The fraction of sp³-hybridized carbons (Fsp3) is 0.900. The second-order valence-corrected chi connectivity index (χ2v) is 9.50. The fourth-order valence-electron chi connectivity index (χ4n) is 1.81. The molecule has 0 amide bonds. The van der Waals surface area contributed by atoms with Gasteiger partial charge in [0.1, 0.15) is 7.85 Å². The highest BCUT2D eigenvalue weighted by Crippen LogP contribution is 2.38. The summed E-state index contributed by atoms with van der Waals surface area (Å²) in [4.78, 5) is 0. The second kappa shape index (κ2) is 4.43. The average molecular weight is 216 g/mol. The van der Waals surface area contributed by atoms with Gasteiger partial charge < -0.3 is 9.84 Å². The topological polar surface area (TPSA) is 29.5 Å². The molecule has 14 heavy (non-hydrogen) atoms. The Morgan fingerprint density at radius 2 is 2.07 bits per heavy atom. The van der Waals surface area contributed by atoms with E-state index in [1.165, 1.54) is 0 Å². The van der Waals surface area contributed by atoms with Crippen molar-refractivity contribution in [2.75, 3.05) is 19.5 Å². The van der Waals surface area contributed by atoms with Crippen LogP contribution in [0.15, 0.2) is 0 Å². The van der Waals surface area contributed by atoms with Gasteiger partial charge in [-0.05, 0) is 25.9 Å². The van der Waals surface area contributed by atoms with E-state index in [9.17, 15) is 5.11 Å². The third-order valence-corrected chi connectivity index (χ3v) is 4.54. The van der Waals surface area contributed by atoms with Crippen molar-refractivity contribution in [3.8, 4) is 0 Å². The van der Waals surface area contributed by atoms with Crippen LogP contribution in [0.5, 0.6) is 0 Å². The maximum atomic E-state index is 9.89. The number of aliphatic hydroxyl groups excluding tert-OH is 1. The van der Waals surface area contributed by atoms with Crippen LogP contribution in [0, 0.1) is 5.92 Å². The molecule has 1 heterocycles. The van der Waals surface area contributed by atoms with Crippen molar-refractivity contribution in [3.63, 3.8) is 0 Å². The van der Waals surface area contributed by atoms with Gasteiger partial charge in [-0.15, -0.1) is 13.2 Å². The van der Waals surface area contributed by atoms with Crippen molar-refractivity contribution in [2.24, 2.45) is 5.92 Å². The number of rotatable bonds is 3. The highest BCUT2D eigenvalue weighted by Gasteiger charge is 2.37. The molecule has 82 valence electrons. The lowest BCUT2D eigenvalue weighted by atomic mass is 9.86. The van der Waals surface area contributed by atoms with E-state index in [1.807, 2.05) is 7.85 Å². The summed E-state index contributed by atoms with van der Waals surface area (Å²) >= 11 is 0. The third-order valence-electron chi connectivity index (χ3n) is 3.07. The number of ether oxygens (including phenoxy) is 1. The Balaban J connectivity index is 2.44. The first-order chi connectivity index (χ1) is 6.31. The van der Waals surface area contributed by atoms with Crippen LogP contribution in [-0.4, -0.2) is 57.0 Å². The van der Waals surface area contributed by atoms with Crippen LogP contribution >= 0.6 is 6.89 Å². The standard InChI is InChI=1S/C10H22BO2P/c1-7-9(12)8(13-10(7)11)5-6-14(2,3)4/h7-10,12H,2,5-6,11H2,1,3-4H3. The van der Waals surface area contributed by atoms with Gasteiger partial charge in [-0.3, -0.25) is 0 Å². The van der Waals surface area contributed by atoms with Crippen molar-refractivity contribution < 1.29 is 9.84 Å². The van der Waals surface area contributed by atoms with Crippen LogP contribution in [0.4, 0.5) is 0 Å². The van der Waals surface area contributed by atoms with Gasteiger partial charge in [0.25, 0.3) is 0 Å². The largest absolute Gasteiger partial charge is 0.390 e. The van der Waals surface area contributed by atoms with Gasteiger partial charge in [0.15, 0.2) is 0 Å². The zero-order valence-corrected chi connectivity index (χ0v) is 10.6. The molecule has 1 fully saturated rings. The van der Waals surface area contributed by atoms with Gasteiger partial charge in [-0.25, -0.2) is 0 Å². The molecule has 1 aliphatic heterocycles. The molecule has 2 nitrogen and oxygen atoms in total. The minimum Gasteiger partial charge on any atom is -0.390 e. The Labute approximate surface area is 88.4 Å². The Bertz CT molecular complexity index is 238. The molecule has 0 aromatic rings. The molecule has 0 aliphatic carbocycles. The maximum Gasteiger partial charge on any atom is 0.139 e. The number of aliphatic hydroxyl groups is 1. The summed E-state index contributed by atoms with van der Waals surface area (Å²) in [6.45, 7) is 5.53. The molecule has 1 rings (SSSR count). The van der Waals surface area contributed by atoms with E-state index in [2.05, 4.69) is 26.6 Å². The third kappa shape index (κ3) is 3.15. The van der Waals surface area contributed by atoms with E-state index in [0.29, 0.717) is 0 Å². The molecular formula is C10H22BO2P. The molecular weight excluding hydrogens is 194 g/mol. The van der Waals surface area contributed by atoms with Crippen molar-refractivity contribution in [1.82, 2.24) is 0 Å². The predicted molar refractivity (Wildman–Crippen MR) is 67.7 cm³/mol. The zero-order chi connectivity index (χ0) is 10.9. The van der Waals surface area contributed by atoms with E-state index in [1.54, 1.807) is 0 Å². The average Bonchev–Trinajstić information content (AvgIpc) is 2.28. The molecule has 0 spiro atoms. The Morgan fingerprint density at radius 3 is 2.43 bits per heavy atom. The molecule has 0 saturated carbocycles. The molecule has 1 saturated heterocycles. The lowest BCUT2D eigenvalue weighted by Crippen LogP contribution is -2.26. The summed E-state index contributed by atoms with van der Waals surface area (Å²) in [5, 5.41) is 9.89. The van der Waals surface area contributed by atoms with Gasteiger partial charge in [-0.1, -0.05) is 6.92 Å². The normalized spacial score (nSPS) is 38.9. The van der Waals surface area contributed by atoms with E-state index >= 15 is 0 Å². The molecule has 4 atom stereocenters. The predicted octanol–water partition coefficient (Wildman–Crippen LogP) is 0.441. The minimum absolute atomic E-state index is 0.0426. The van der Waals surface area contributed by atoms with Gasteiger partial charge in [0, 0.05) is 11.9 Å². The molecule has 4 heteroatoms. The second-order valence-electron chi connectivity index (χ2n) is 5.18. The summed E-state index contributed by atoms with van der Waals surface area (Å²) < 4.78 is 5.72. The molecule has 4 unspecified atom stereocenters. The van der Waals surface area contributed by atoms with Crippen LogP contribution in [0.2, 0.25) is 0 Å². The first-order valence-electron chi connectivity index (χ1n) is 5.32. The van der Waals surface area contributed by atoms with Crippen LogP contribution in [0.3, 0.4) is 0 Å². The molecule has 0 radical (unpaired) electrons. The van der Waals surface area contributed by atoms with Crippen LogP contribution in [0.25, 0.3) is 0 Å². The van der Waals surface area contributed by atoms with E-state index in [0.717, 1.165) is 12.6 Å². The van der Waals surface area contributed by atoms with Gasteiger partial charge in [-0.2, -0.15) is 0 Å². The van der Waals surface area contributed by atoms with E-state index in [4.69, 9.17) is 4.74 Å². The van der Waals surface area contributed by atoms with Crippen molar-refractivity contribution >= 4 is 21.0 Å². The van der Waals surface area contributed by atoms with Gasteiger partial charge in [0.2, 0.25) is 0 Å². The minimum atomic E-state index is -0.975. The van der Waals surface area contributed by atoms with E-state index < -0.39 is 6.89 Å². The van der Waals surface area contributed by atoms with Crippen LogP contribution in [-0.2, 0) is 4.74 Å². The molecule has 0 aromatic heterocycles. The summed E-state index contributed by atoms with van der Waals surface area (Å²) in [5.41, 5.74) is 0. The highest BCUT2D eigenvalue weighted by molar-refractivity contribution is 7.72. The number of hydrogen-bond donors (Lipinski definition) is 1. The molecule has 0 aromatic carbocycles. The Morgan fingerprint density at radius 1 is 1.50 bits per heavy atom. The Kier molecular flexibility index (Phi) is 3.91. The summed E-state index contributed by atoms with van der Waals surface area (Å²) in [7, 11) is 2.04. The molecule has 0 bridgehead atoms. The van der Waals surface area contributed by atoms with Crippen LogP contribution < -0.4 is 0 Å². The van der Waals surface area contributed by atoms with Gasteiger partial charge in [0.05, 0.1) is 12.2 Å². The van der Waals surface area contributed by atoms with Crippen molar-refractivity contribution in [3.05, 3.63) is 0 Å². The van der Waals surface area contributed by atoms with Gasteiger partial charge >= 0.3 is 0 Å². The fourth-order valence-corrected chi connectivity index (χ4v) is 2.77. The monoisotopic (exact) mass is 216 g/mol. The Hall–Kier alpha value is 0.285. The highest BCUT2D eigenvalue weighted by atomic mass is 31.2. The summed E-state index contributed by atoms with van der Waals surface area (Å²) in [6.07, 6.45) is 5.99. The number of hydrogen-bond acceptors (Lipinski definition) is 2. The zero-order valence-electron chi connectivity index (χ0n) is 9.73. The summed E-state index contributed by atoms with van der Waals surface area (Å²) in [5.74, 6) is 0.270. The van der Waals surface area contributed by atoms with Crippen molar-refractivity contribution in [1.29, 1.82) is 0 Å². The lowest BCUT2D eigenvalue weighted by molar-refractivity contribution is 0.0301. The molecule has 1 N–H and O–H groups in total. The maximum absolute atomic E-state index is 9.89. The quantitative estimate of drug-likeness (QED) is 0.548. The molecule has 1 aliphatic rings. The summed E-state index contributed by atoms with van der Waals surface area (Å²) in [6, 6.07) is 0.196. The van der Waals surface area contributed by atoms with Crippen LogP contribution in [0.1, 0.15) is 13.3 Å².